The Hall–Kier alpha value is -2.19. The first kappa shape index (κ1) is 11.5. The summed E-state index contributed by atoms with van der Waals surface area (Å²) < 4.78 is 0. The van der Waals surface area contributed by atoms with Crippen molar-refractivity contribution in [3.63, 3.8) is 0 Å². The molecule has 0 N–H and O–H groups in total. The number of fused-ring (bicyclic) bond motifs is 4. The van der Waals surface area contributed by atoms with E-state index in [1.165, 1.54) is 38.1 Å². The molecule has 0 saturated heterocycles. The molecule has 2 heteroatoms. The fourth-order valence-electron chi connectivity index (χ4n) is 4.05. The highest BCUT2D eigenvalue weighted by molar-refractivity contribution is 7.04. The molecule has 0 fully saturated rings. The first-order valence-electron chi connectivity index (χ1n) is 7.43. The molecule has 1 aliphatic carbocycles. The average Bonchev–Trinajstić information content (AvgIpc) is 3.01. The van der Waals surface area contributed by atoms with E-state index in [0.717, 1.165) is 5.52 Å². The molecule has 5 rings (SSSR count). The third-order valence-corrected chi connectivity index (χ3v) is 8.53. The monoisotopic (exact) mass is 285 g/mol. The predicted octanol–water partition coefficient (Wildman–Crippen LogP) is 3.52. The van der Waals surface area contributed by atoms with E-state index in [9.17, 15) is 0 Å². The Morgan fingerprint density at radius 1 is 0.905 bits per heavy atom. The van der Waals surface area contributed by atoms with Crippen molar-refractivity contribution in [2.24, 2.45) is 0 Å². The predicted molar refractivity (Wildman–Crippen MR) is 92.9 cm³/mol. The lowest BCUT2D eigenvalue weighted by Gasteiger charge is -2.20. The maximum atomic E-state index is 5.05. The van der Waals surface area contributed by atoms with Gasteiger partial charge in [-0.25, -0.2) is 4.98 Å². The molecule has 2 heterocycles. The first-order chi connectivity index (χ1) is 10.2. The van der Waals surface area contributed by atoms with Crippen molar-refractivity contribution in [2.75, 3.05) is 0 Å². The van der Waals surface area contributed by atoms with Gasteiger partial charge >= 0.3 is 0 Å². The van der Waals surface area contributed by atoms with Crippen LogP contribution >= 0.6 is 0 Å². The van der Waals surface area contributed by atoms with Crippen LogP contribution in [0.4, 0.5) is 0 Å². The molecule has 2 aliphatic rings. The van der Waals surface area contributed by atoms with Crippen LogP contribution in [0.25, 0.3) is 34.3 Å². The normalized spacial score (nSPS) is 16.3. The highest BCUT2D eigenvalue weighted by Gasteiger charge is 2.41. The van der Waals surface area contributed by atoms with E-state index < -0.39 is 8.07 Å². The highest BCUT2D eigenvalue weighted by atomic mass is 28.3. The molecule has 100 valence electrons. The van der Waals surface area contributed by atoms with E-state index in [1.807, 2.05) is 0 Å². The number of benzene rings is 2. The molecule has 21 heavy (non-hydrogen) atoms. The summed E-state index contributed by atoms with van der Waals surface area (Å²) in [6.07, 6.45) is 4.55. The van der Waals surface area contributed by atoms with E-state index in [4.69, 9.17) is 4.98 Å². The number of pyridine rings is 1. The molecule has 0 atom stereocenters. The molecule has 0 saturated carbocycles. The minimum atomic E-state index is -1.64. The molecule has 2 aromatic carbocycles. The molecular formula is C19H15NSi. The van der Waals surface area contributed by atoms with Gasteiger partial charge in [-0.1, -0.05) is 61.6 Å². The van der Waals surface area contributed by atoms with Crippen LogP contribution in [0, 0.1) is 0 Å². The van der Waals surface area contributed by atoms with E-state index in [1.54, 1.807) is 0 Å². The van der Waals surface area contributed by atoms with Gasteiger partial charge in [0, 0.05) is 5.39 Å². The Bertz CT molecular complexity index is 967. The van der Waals surface area contributed by atoms with Gasteiger partial charge in [-0.3, -0.25) is 0 Å². The Balaban J connectivity index is 2.03. The standard InChI is InChI=1S/C19H15NSi/c1-21(2)16-9-4-3-7-13(16)18-19(21)14-11-10-12-6-5-8-15(20-18)17(12)14/h3-11H,1-2H3. The number of nitrogens with zero attached hydrogens (tertiary/aromatic N) is 1. The SMILES string of the molecule is C[Si]1(C)c2ccccc2-c2nc3cccc4c3c(c21)C=C4. The van der Waals surface area contributed by atoms with E-state index in [2.05, 4.69) is 67.7 Å². The first-order valence-corrected chi connectivity index (χ1v) is 10.4. The van der Waals surface area contributed by atoms with Gasteiger partial charge in [0.2, 0.25) is 0 Å². The molecule has 0 amide bonds. The summed E-state index contributed by atoms with van der Waals surface area (Å²) in [6.45, 7) is 4.91. The third kappa shape index (κ3) is 1.24. The lowest BCUT2D eigenvalue weighted by molar-refractivity contribution is 1.43. The lowest BCUT2D eigenvalue weighted by Crippen LogP contribution is -2.50. The van der Waals surface area contributed by atoms with Crippen LogP contribution in [0.5, 0.6) is 0 Å². The van der Waals surface area contributed by atoms with Crippen molar-refractivity contribution < 1.29 is 0 Å². The van der Waals surface area contributed by atoms with Crippen LogP contribution in [0.1, 0.15) is 11.1 Å². The minimum absolute atomic E-state index is 1.13. The molecule has 0 radical (unpaired) electrons. The maximum Gasteiger partial charge on any atom is 0.116 e. The fourth-order valence-corrected chi connectivity index (χ4v) is 7.37. The van der Waals surface area contributed by atoms with Gasteiger partial charge in [0.1, 0.15) is 8.07 Å². The van der Waals surface area contributed by atoms with E-state index >= 15 is 0 Å². The molecule has 0 unspecified atom stereocenters. The van der Waals surface area contributed by atoms with Gasteiger partial charge in [-0.15, -0.1) is 0 Å². The second kappa shape index (κ2) is 3.52. The van der Waals surface area contributed by atoms with Crippen molar-refractivity contribution in [3.05, 3.63) is 53.6 Å². The Labute approximate surface area is 125 Å². The average molecular weight is 285 g/mol. The van der Waals surface area contributed by atoms with Crippen LogP contribution < -0.4 is 10.4 Å². The van der Waals surface area contributed by atoms with E-state index in [-0.39, 0.29) is 0 Å². The van der Waals surface area contributed by atoms with Crippen molar-refractivity contribution in [1.29, 1.82) is 0 Å². The molecule has 0 spiro atoms. The number of rotatable bonds is 0. The minimum Gasteiger partial charge on any atom is -0.248 e. The highest BCUT2D eigenvalue weighted by Crippen LogP contribution is 2.36. The summed E-state index contributed by atoms with van der Waals surface area (Å²) in [5, 5.41) is 4.41. The van der Waals surface area contributed by atoms with Crippen molar-refractivity contribution >= 4 is 41.5 Å². The summed E-state index contributed by atoms with van der Waals surface area (Å²) >= 11 is 0. The number of hydrogen-bond acceptors (Lipinski definition) is 1. The van der Waals surface area contributed by atoms with Gasteiger partial charge in [0.15, 0.2) is 0 Å². The van der Waals surface area contributed by atoms with Crippen LogP contribution in [-0.2, 0) is 0 Å². The van der Waals surface area contributed by atoms with E-state index in [0.29, 0.717) is 0 Å². The molecule has 0 bridgehead atoms. The number of aromatic nitrogens is 1. The van der Waals surface area contributed by atoms with Gasteiger partial charge in [0.05, 0.1) is 11.2 Å². The summed E-state index contributed by atoms with van der Waals surface area (Å²) in [5.74, 6) is 0. The lowest BCUT2D eigenvalue weighted by atomic mass is 10.0. The molecule has 1 aliphatic heterocycles. The van der Waals surface area contributed by atoms with Gasteiger partial charge in [-0.2, -0.15) is 0 Å². The van der Waals surface area contributed by atoms with Crippen molar-refractivity contribution in [2.45, 2.75) is 13.1 Å². The van der Waals surface area contributed by atoms with Gasteiger partial charge < -0.3 is 0 Å². The quantitative estimate of drug-likeness (QED) is 0.450. The third-order valence-electron chi connectivity index (χ3n) is 4.99. The maximum absolute atomic E-state index is 5.05. The van der Waals surface area contributed by atoms with Crippen molar-refractivity contribution in [3.8, 4) is 11.3 Å². The summed E-state index contributed by atoms with van der Waals surface area (Å²) in [4.78, 5) is 5.05. The van der Waals surface area contributed by atoms with Gasteiger partial charge in [-0.05, 0) is 33.1 Å². The van der Waals surface area contributed by atoms with Crippen LogP contribution in [0.15, 0.2) is 42.5 Å². The molecule has 3 aromatic rings. The Morgan fingerprint density at radius 2 is 1.76 bits per heavy atom. The zero-order valence-corrected chi connectivity index (χ0v) is 13.1. The van der Waals surface area contributed by atoms with Crippen LogP contribution in [-0.4, -0.2) is 13.1 Å². The smallest absolute Gasteiger partial charge is 0.116 e. The Kier molecular flexibility index (Phi) is 1.92. The zero-order chi connectivity index (χ0) is 14.2. The van der Waals surface area contributed by atoms with Crippen LogP contribution in [0.2, 0.25) is 13.1 Å². The number of hydrogen-bond donors (Lipinski definition) is 0. The van der Waals surface area contributed by atoms with Crippen LogP contribution in [0.3, 0.4) is 0 Å². The summed E-state index contributed by atoms with van der Waals surface area (Å²) in [5.41, 5.74) is 6.46. The van der Waals surface area contributed by atoms with Crippen molar-refractivity contribution in [1.82, 2.24) is 4.98 Å². The zero-order valence-electron chi connectivity index (χ0n) is 12.1. The summed E-state index contributed by atoms with van der Waals surface area (Å²) in [7, 11) is -1.64. The molecular weight excluding hydrogens is 270 g/mol. The van der Waals surface area contributed by atoms with Gasteiger partial charge in [0.25, 0.3) is 0 Å². The molecule has 1 nitrogen and oxygen atoms in total. The summed E-state index contributed by atoms with van der Waals surface area (Å²) in [6, 6.07) is 15.3. The largest absolute Gasteiger partial charge is 0.248 e. The fraction of sp³-hybridized carbons (Fsp3) is 0.105. The topological polar surface area (TPSA) is 12.9 Å². The Morgan fingerprint density at radius 3 is 2.67 bits per heavy atom. The second-order valence-electron chi connectivity index (χ2n) is 6.49. The second-order valence-corrected chi connectivity index (χ2v) is 10.8. The molecule has 1 aromatic heterocycles.